The second-order valence-corrected chi connectivity index (χ2v) is 6.92. The molecule has 128 valence electrons. The van der Waals surface area contributed by atoms with E-state index in [-0.39, 0.29) is 5.78 Å². The van der Waals surface area contributed by atoms with Gasteiger partial charge in [-0.25, -0.2) is 0 Å². The van der Waals surface area contributed by atoms with Crippen LogP contribution in [0.2, 0.25) is 0 Å². The van der Waals surface area contributed by atoms with Crippen LogP contribution < -0.4 is 0 Å². The molecule has 0 N–H and O–H groups in total. The van der Waals surface area contributed by atoms with Crippen molar-refractivity contribution < 1.29 is 4.79 Å². The minimum Gasteiger partial charge on any atom is -0.289 e. The number of carbonyl (C=O) groups is 1. The maximum Gasteiger partial charge on any atom is 0.186 e. The molecule has 0 fully saturated rings. The van der Waals surface area contributed by atoms with Crippen molar-refractivity contribution in [3.63, 3.8) is 0 Å². The normalized spacial score (nSPS) is 13.5. The van der Waals surface area contributed by atoms with Crippen LogP contribution in [-0.4, -0.2) is 5.78 Å². The molecule has 0 spiro atoms. The fraction of sp³-hybridized carbons (Fsp3) is 0.160. The maximum atomic E-state index is 12.9. The Morgan fingerprint density at radius 3 is 2.04 bits per heavy atom. The van der Waals surface area contributed by atoms with Crippen molar-refractivity contribution in [1.82, 2.24) is 0 Å². The van der Waals surface area contributed by atoms with Crippen molar-refractivity contribution in [3.8, 4) is 0 Å². The van der Waals surface area contributed by atoms with Gasteiger partial charge in [-0.1, -0.05) is 72.8 Å². The largest absolute Gasteiger partial charge is 0.289 e. The van der Waals surface area contributed by atoms with Crippen molar-refractivity contribution in [2.24, 2.45) is 0 Å². The molecule has 0 radical (unpaired) electrons. The molecule has 4 aliphatic rings. The van der Waals surface area contributed by atoms with Gasteiger partial charge in [-0.2, -0.15) is 0 Å². The van der Waals surface area contributed by atoms with E-state index in [0.29, 0.717) is 0 Å². The third-order valence-corrected chi connectivity index (χ3v) is 5.07. The molecule has 3 aromatic carbocycles. The minimum absolute atomic E-state index is 0.0941. The summed E-state index contributed by atoms with van der Waals surface area (Å²) in [5.74, 6) is 0.0941. The van der Waals surface area contributed by atoms with Crippen LogP contribution in [0.5, 0.6) is 0 Å². The predicted octanol–water partition coefficient (Wildman–Crippen LogP) is 5.47. The highest BCUT2D eigenvalue weighted by Gasteiger charge is 2.12. The summed E-state index contributed by atoms with van der Waals surface area (Å²) >= 11 is 0. The first-order chi connectivity index (χ1) is 12.8. The number of hydrogen-bond acceptors (Lipinski definition) is 1. The van der Waals surface area contributed by atoms with Crippen LogP contribution in [0.4, 0.5) is 0 Å². The SMILES string of the molecule is O=C(/C=C/c1ccccc1)c1cc2ccc1CCc1ccc(cc1)CC2. The summed E-state index contributed by atoms with van der Waals surface area (Å²) in [6, 6.07) is 25.3. The molecule has 7 rings (SSSR count). The number of carbonyl (C=O) groups excluding carboxylic acids is 1. The van der Waals surface area contributed by atoms with Crippen LogP contribution in [0.3, 0.4) is 0 Å². The zero-order chi connectivity index (χ0) is 17.8. The lowest BCUT2D eigenvalue weighted by Gasteiger charge is -2.13. The van der Waals surface area contributed by atoms with Gasteiger partial charge in [0, 0.05) is 5.56 Å². The second-order valence-electron chi connectivity index (χ2n) is 6.92. The Kier molecular flexibility index (Phi) is 4.79. The lowest BCUT2D eigenvalue weighted by Crippen LogP contribution is -2.06. The third kappa shape index (κ3) is 3.83. The fourth-order valence-corrected chi connectivity index (χ4v) is 3.49. The third-order valence-electron chi connectivity index (χ3n) is 5.07. The Morgan fingerprint density at radius 1 is 0.692 bits per heavy atom. The van der Waals surface area contributed by atoms with Crippen LogP contribution in [0.1, 0.15) is 38.2 Å². The van der Waals surface area contributed by atoms with Crippen molar-refractivity contribution in [2.75, 3.05) is 0 Å². The summed E-state index contributed by atoms with van der Waals surface area (Å²) in [4.78, 5) is 12.9. The van der Waals surface area contributed by atoms with Crippen LogP contribution in [-0.2, 0) is 25.7 Å². The van der Waals surface area contributed by atoms with Gasteiger partial charge in [-0.05, 0) is 65.6 Å². The lowest BCUT2D eigenvalue weighted by molar-refractivity contribution is 0.104. The fourth-order valence-electron chi connectivity index (χ4n) is 3.49. The quantitative estimate of drug-likeness (QED) is 0.457. The number of ketones is 1. The number of hydrogen-bond donors (Lipinski definition) is 0. The highest BCUT2D eigenvalue weighted by Crippen LogP contribution is 2.20. The molecule has 0 unspecified atom stereocenters. The van der Waals surface area contributed by atoms with E-state index in [2.05, 4.69) is 42.5 Å². The second kappa shape index (κ2) is 7.53. The zero-order valence-corrected chi connectivity index (χ0v) is 14.8. The van der Waals surface area contributed by atoms with E-state index in [9.17, 15) is 4.79 Å². The van der Waals surface area contributed by atoms with Gasteiger partial charge in [0.2, 0.25) is 0 Å². The Labute approximate surface area is 155 Å². The number of aryl methyl sites for hydroxylation is 4. The molecule has 0 saturated heterocycles. The Balaban J connectivity index is 1.64. The Morgan fingerprint density at radius 2 is 1.31 bits per heavy atom. The lowest BCUT2D eigenvalue weighted by atomic mass is 9.91. The van der Waals surface area contributed by atoms with E-state index in [1.54, 1.807) is 6.08 Å². The van der Waals surface area contributed by atoms with Crippen LogP contribution in [0.15, 0.2) is 78.9 Å². The summed E-state index contributed by atoms with van der Waals surface area (Å²) in [6.07, 6.45) is 7.43. The molecular weight excluding hydrogens is 316 g/mol. The summed E-state index contributed by atoms with van der Waals surface area (Å²) in [5.41, 5.74) is 6.96. The molecule has 0 atom stereocenters. The highest BCUT2D eigenvalue weighted by atomic mass is 16.1. The predicted molar refractivity (Wildman–Crippen MR) is 108 cm³/mol. The number of allylic oxidation sites excluding steroid dienone is 1. The summed E-state index contributed by atoms with van der Waals surface area (Å²) in [5, 5.41) is 0. The molecule has 0 saturated carbocycles. The summed E-state index contributed by atoms with van der Waals surface area (Å²) in [6.45, 7) is 0. The highest BCUT2D eigenvalue weighted by molar-refractivity contribution is 6.08. The first-order valence-corrected chi connectivity index (χ1v) is 9.25. The molecule has 0 amide bonds. The first-order valence-electron chi connectivity index (χ1n) is 9.25. The van der Waals surface area contributed by atoms with Gasteiger partial charge in [0.1, 0.15) is 0 Å². The van der Waals surface area contributed by atoms with Gasteiger partial charge in [0.05, 0.1) is 0 Å². The molecular formula is C25H22O. The maximum absolute atomic E-state index is 12.9. The van der Waals surface area contributed by atoms with Crippen LogP contribution in [0, 0.1) is 0 Å². The van der Waals surface area contributed by atoms with Gasteiger partial charge in [0.25, 0.3) is 0 Å². The van der Waals surface area contributed by atoms with Gasteiger partial charge < -0.3 is 0 Å². The molecule has 4 bridgehead atoms. The van der Waals surface area contributed by atoms with Crippen molar-refractivity contribution in [1.29, 1.82) is 0 Å². The smallest absolute Gasteiger partial charge is 0.186 e. The summed E-state index contributed by atoms with van der Waals surface area (Å²) in [7, 11) is 0. The van der Waals surface area contributed by atoms with Gasteiger partial charge in [0.15, 0.2) is 5.78 Å². The molecule has 26 heavy (non-hydrogen) atoms. The van der Waals surface area contributed by atoms with Crippen LogP contribution >= 0.6 is 0 Å². The van der Waals surface area contributed by atoms with Gasteiger partial charge >= 0.3 is 0 Å². The summed E-state index contributed by atoms with van der Waals surface area (Å²) < 4.78 is 0. The van der Waals surface area contributed by atoms with Crippen LogP contribution in [0.25, 0.3) is 6.08 Å². The van der Waals surface area contributed by atoms with Crippen molar-refractivity contribution >= 4 is 11.9 Å². The molecule has 3 aromatic rings. The molecule has 0 heterocycles. The molecule has 0 aliphatic heterocycles. The average molecular weight is 338 g/mol. The van der Waals surface area contributed by atoms with E-state index in [0.717, 1.165) is 42.4 Å². The topological polar surface area (TPSA) is 17.1 Å². The minimum atomic E-state index is 0.0941. The van der Waals surface area contributed by atoms with E-state index >= 15 is 0 Å². The van der Waals surface area contributed by atoms with Gasteiger partial charge in [-0.3, -0.25) is 4.79 Å². The van der Waals surface area contributed by atoms with E-state index in [4.69, 9.17) is 0 Å². The average Bonchev–Trinajstić information content (AvgIpc) is 2.69. The Hall–Kier alpha value is -2.93. The molecule has 0 aromatic heterocycles. The molecule has 1 heteroatoms. The molecule has 1 nitrogen and oxygen atoms in total. The monoisotopic (exact) mass is 338 g/mol. The number of benzene rings is 3. The van der Waals surface area contributed by atoms with Crippen molar-refractivity contribution in [2.45, 2.75) is 25.7 Å². The Bertz CT molecular complexity index is 934. The zero-order valence-electron chi connectivity index (χ0n) is 14.8. The van der Waals surface area contributed by atoms with Crippen molar-refractivity contribution in [3.05, 3.63) is 112 Å². The molecule has 4 aliphatic carbocycles. The van der Waals surface area contributed by atoms with Gasteiger partial charge in [-0.15, -0.1) is 0 Å². The standard InChI is InChI=1S/C25H22O/c26-25(17-14-19-4-2-1-3-5-19)24-18-22-11-10-20-6-8-21(9-7-20)12-15-23(24)16-13-22/h1-9,13-14,16-18H,10-12,15H2/b17-14+. The number of rotatable bonds is 3. The van der Waals surface area contributed by atoms with E-state index in [1.807, 2.05) is 36.4 Å². The first kappa shape index (κ1) is 16.5. The van der Waals surface area contributed by atoms with E-state index in [1.165, 1.54) is 16.7 Å². The van der Waals surface area contributed by atoms with E-state index < -0.39 is 0 Å².